The number of carbonyl (C=O) groups is 1. The monoisotopic (exact) mass is 243 g/mol. The number of aromatic amines is 1. The summed E-state index contributed by atoms with van der Waals surface area (Å²) in [6, 6.07) is 3.00. The fourth-order valence-electron chi connectivity index (χ4n) is 1.78. The fourth-order valence-corrected chi connectivity index (χ4v) is 1.78. The van der Waals surface area contributed by atoms with Gasteiger partial charge in [0.1, 0.15) is 0 Å². The number of aromatic nitrogens is 1. The van der Waals surface area contributed by atoms with Gasteiger partial charge in [0.25, 0.3) is 0 Å². The van der Waals surface area contributed by atoms with E-state index in [1.807, 2.05) is 0 Å². The van der Waals surface area contributed by atoms with Crippen LogP contribution in [0.4, 0.5) is 13.2 Å². The molecule has 0 atom stereocenters. The van der Waals surface area contributed by atoms with E-state index in [1.54, 1.807) is 0 Å². The highest BCUT2D eigenvalue weighted by atomic mass is 19.4. The molecule has 1 heterocycles. The van der Waals surface area contributed by atoms with Crippen LogP contribution in [0.25, 0.3) is 10.9 Å². The van der Waals surface area contributed by atoms with Crippen molar-refractivity contribution in [2.75, 3.05) is 0 Å². The lowest BCUT2D eigenvalue weighted by atomic mass is 10.1. The van der Waals surface area contributed by atoms with E-state index in [0.29, 0.717) is 11.2 Å². The Balaban J connectivity index is 2.75. The number of alkyl halides is 3. The van der Waals surface area contributed by atoms with Gasteiger partial charge in [-0.1, -0.05) is 0 Å². The second-order valence-electron chi connectivity index (χ2n) is 3.69. The molecule has 0 spiro atoms. The summed E-state index contributed by atoms with van der Waals surface area (Å²) < 4.78 is 37.5. The highest BCUT2D eigenvalue weighted by Crippen LogP contribution is 2.33. The van der Waals surface area contributed by atoms with E-state index in [9.17, 15) is 18.0 Å². The van der Waals surface area contributed by atoms with Crippen LogP contribution in [0.2, 0.25) is 0 Å². The van der Waals surface area contributed by atoms with Crippen molar-refractivity contribution in [3.8, 4) is 0 Å². The summed E-state index contributed by atoms with van der Waals surface area (Å²) in [7, 11) is 0. The van der Waals surface area contributed by atoms with Gasteiger partial charge in [-0.15, -0.1) is 0 Å². The van der Waals surface area contributed by atoms with Crippen LogP contribution in [0, 0.1) is 6.92 Å². The highest BCUT2D eigenvalue weighted by molar-refractivity contribution is 6.04. The molecule has 2 N–H and O–H groups in total. The molecule has 0 saturated heterocycles. The van der Waals surface area contributed by atoms with Gasteiger partial charge in [-0.05, 0) is 25.1 Å². The first-order chi connectivity index (χ1) is 7.80. The third-order valence-electron chi connectivity index (χ3n) is 2.53. The topological polar surface area (TPSA) is 53.1 Å². The van der Waals surface area contributed by atoms with Crippen LogP contribution < -0.4 is 0 Å². The summed E-state index contributed by atoms with van der Waals surface area (Å²) in [5, 5.41) is 9.02. The number of hydrogen-bond acceptors (Lipinski definition) is 1. The predicted molar refractivity (Wildman–Crippen MR) is 55.0 cm³/mol. The quantitative estimate of drug-likeness (QED) is 0.808. The molecule has 2 rings (SSSR count). The highest BCUT2D eigenvalue weighted by Gasteiger charge is 2.31. The van der Waals surface area contributed by atoms with E-state index in [2.05, 4.69) is 4.98 Å². The lowest BCUT2D eigenvalue weighted by Gasteiger charge is -2.06. The van der Waals surface area contributed by atoms with Gasteiger partial charge in [-0.25, -0.2) is 4.79 Å². The molecular weight excluding hydrogens is 235 g/mol. The number of fused-ring (bicyclic) bond motifs is 1. The first-order valence-corrected chi connectivity index (χ1v) is 4.73. The molecule has 0 amide bonds. The maximum absolute atomic E-state index is 12.5. The van der Waals surface area contributed by atoms with Gasteiger partial charge in [0.2, 0.25) is 0 Å². The minimum atomic E-state index is -4.48. The predicted octanol–water partition coefficient (Wildman–Crippen LogP) is 3.19. The molecule has 2 aromatic rings. The van der Waals surface area contributed by atoms with Gasteiger partial charge in [-0.3, -0.25) is 0 Å². The van der Waals surface area contributed by atoms with Gasteiger partial charge < -0.3 is 10.1 Å². The molecule has 0 aliphatic rings. The average Bonchev–Trinajstić information content (AvgIpc) is 2.50. The van der Waals surface area contributed by atoms with Crippen LogP contribution in [0.1, 0.15) is 21.6 Å². The number of benzene rings is 1. The molecule has 1 aromatic carbocycles. The van der Waals surface area contributed by atoms with Crippen LogP contribution >= 0.6 is 0 Å². The number of aryl methyl sites for hydroxylation is 1. The minimum Gasteiger partial charge on any atom is -0.478 e. The molecule has 0 bridgehead atoms. The number of aromatic carboxylic acids is 1. The van der Waals surface area contributed by atoms with Crippen LogP contribution in [0.5, 0.6) is 0 Å². The van der Waals surface area contributed by atoms with E-state index in [4.69, 9.17) is 5.11 Å². The molecule has 0 fully saturated rings. The standard InChI is InChI=1S/C11H8F3NO2/c1-5-9(10(16)17)7-4-6(11(12,13)14)2-3-8(7)15-5/h2-4,15H,1H3,(H,16,17). The van der Waals surface area contributed by atoms with Crippen molar-refractivity contribution in [2.24, 2.45) is 0 Å². The summed E-state index contributed by atoms with van der Waals surface area (Å²) in [5.41, 5.74) is -0.252. The van der Waals surface area contributed by atoms with Crippen molar-refractivity contribution >= 4 is 16.9 Å². The fraction of sp³-hybridized carbons (Fsp3) is 0.182. The molecule has 1 aromatic heterocycles. The Morgan fingerprint density at radius 2 is 2.00 bits per heavy atom. The maximum Gasteiger partial charge on any atom is 0.416 e. The van der Waals surface area contributed by atoms with Crippen LogP contribution in [0.3, 0.4) is 0 Å². The smallest absolute Gasteiger partial charge is 0.416 e. The molecule has 90 valence electrons. The van der Waals surface area contributed by atoms with Crippen molar-refractivity contribution in [1.82, 2.24) is 4.98 Å². The zero-order valence-corrected chi connectivity index (χ0v) is 8.72. The average molecular weight is 243 g/mol. The van der Waals surface area contributed by atoms with Crippen molar-refractivity contribution in [3.05, 3.63) is 35.0 Å². The van der Waals surface area contributed by atoms with E-state index in [-0.39, 0.29) is 10.9 Å². The zero-order chi connectivity index (χ0) is 12.8. The maximum atomic E-state index is 12.5. The molecule has 0 aliphatic carbocycles. The Kier molecular flexibility index (Phi) is 2.38. The Morgan fingerprint density at radius 3 is 2.53 bits per heavy atom. The normalized spacial score (nSPS) is 12.0. The number of carboxylic acid groups (broad SMARTS) is 1. The zero-order valence-electron chi connectivity index (χ0n) is 8.72. The first kappa shape index (κ1) is 11.5. The van der Waals surface area contributed by atoms with Gasteiger partial charge in [0.15, 0.2) is 0 Å². The van der Waals surface area contributed by atoms with Crippen LogP contribution in [-0.4, -0.2) is 16.1 Å². The number of H-pyrrole nitrogens is 1. The lowest BCUT2D eigenvalue weighted by Crippen LogP contribution is -2.04. The van der Waals surface area contributed by atoms with Crippen molar-refractivity contribution in [1.29, 1.82) is 0 Å². The molecule has 3 nitrogen and oxygen atoms in total. The molecule has 0 aliphatic heterocycles. The summed E-state index contributed by atoms with van der Waals surface area (Å²) in [6.07, 6.45) is -4.48. The molecule has 0 unspecified atom stereocenters. The Labute approximate surface area is 93.9 Å². The molecular formula is C11H8F3NO2. The number of rotatable bonds is 1. The number of hydrogen-bond donors (Lipinski definition) is 2. The molecule has 6 heteroatoms. The number of carboxylic acids is 1. The van der Waals surface area contributed by atoms with E-state index in [0.717, 1.165) is 12.1 Å². The largest absolute Gasteiger partial charge is 0.478 e. The van der Waals surface area contributed by atoms with E-state index in [1.165, 1.54) is 13.0 Å². The van der Waals surface area contributed by atoms with Gasteiger partial charge in [0.05, 0.1) is 11.1 Å². The van der Waals surface area contributed by atoms with Gasteiger partial charge >= 0.3 is 12.1 Å². The van der Waals surface area contributed by atoms with E-state index < -0.39 is 17.7 Å². The lowest BCUT2D eigenvalue weighted by molar-refractivity contribution is -0.137. The van der Waals surface area contributed by atoms with Crippen molar-refractivity contribution in [3.63, 3.8) is 0 Å². The first-order valence-electron chi connectivity index (χ1n) is 4.73. The SMILES string of the molecule is Cc1[nH]c2ccc(C(F)(F)F)cc2c1C(=O)O. The van der Waals surface area contributed by atoms with Crippen LogP contribution in [-0.2, 0) is 6.18 Å². The summed E-state index contributed by atoms with van der Waals surface area (Å²) in [6.45, 7) is 1.51. The third kappa shape index (κ3) is 1.86. The summed E-state index contributed by atoms with van der Waals surface area (Å²) >= 11 is 0. The minimum absolute atomic E-state index is 0.0739. The van der Waals surface area contributed by atoms with Crippen LogP contribution in [0.15, 0.2) is 18.2 Å². The Hall–Kier alpha value is -1.98. The molecule has 17 heavy (non-hydrogen) atoms. The summed E-state index contributed by atoms with van der Waals surface area (Å²) in [4.78, 5) is 13.7. The second-order valence-corrected chi connectivity index (χ2v) is 3.69. The third-order valence-corrected chi connectivity index (χ3v) is 2.53. The van der Waals surface area contributed by atoms with Crippen molar-refractivity contribution in [2.45, 2.75) is 13.1 Å². The van der Waals surface area contributed by atoms with Crippen molar-refractivity contribution < 1.29 is 23.1 Å². The number of halogens is 3. The van der Waals surface area contributed by atoms with E-state index >= 15 is 0 Å². The molecule has 0 saturated carbocycles. The Bertz CT molecular complexity index is 599. The second kappa shape index (κ2) is 3.51. The molecule has 0 radical (unpaired) electrons. The Morgan fingerprint density at radius 1 is 1.35 bits per heavy atom. The van der Waals surface area contributed by atoms with Gasteiger partial charge in [-0.2, -0.15) is 13.2 Å². The number of nitrogens with one attached hydrogen (secondary N) is 1. The van der Waals surface area contributed by atoms with Gasteiger partial charge in [0, 0.05) is 16.6 Å². The summed E-state index contributed by atoms with van der Waals surface area (Å²) in [5.74, 6) is -1.24.